The number of hydrogen-bond acceptors (Lipinski definition) is 4. The molecule has 3 rings (SSSR count). The van der Waals surface area contributed by atoms with E-state index in [9.17, 15) is 9.59 Å². The summed E-state index contributed by atoms with van der Waals surface area (Å²) in [5.41, 5.74) is 3.16. The molecule has 0 spiro atoms. The van der Waals surface area contributed by atoms with E-state index in [-0.39, 0.29) is 0 Å². The molecule has 0 fully saturated rings. The lowest BCUT2D eigenvalue weighted by molar-refractivity contribution is -0.132. The first-order valence-electron chi connectivity index (χ1n) is 8.26. The van der Waals surface area contributed by atoms with Gasteiger partial charge < -0.3 is 9.47 Å². The van der Waals surface area contributed by atoms with E-state index in [1.165, 1.54) is 6.92 Å². The molecule has 0 heterocycles. The number of rotatable bonds is 3. The maximum atomic E-state index is 12.2. The monoisotopic (exact) mass is 370 g/mol. The molecule has 0 radical (unpaired) electrons. The van der Waals surface area contributed by atoms with E-state index in [0.29, 0.717) is 45.7 Å². The highest BCUT2D eigenvalue weighted by Gasteiger charge is 2.26. The summed E-state index contributed by atoms with van der Waals surface area (Å²) in [5.74, 6) is 0.0502. The van der Waals surface area contributed by atoms with Gasteiger partial charge in [0, 0.05) is 39.4 Å². The smallest absolute Gasteiger partial charge is 0.338 e. The van der Waals surface area contributed by atoms with Crippen molar-refractivity contribution in [3.8, 4) is 11.5 Å². The van der Waals surface area contributed by atoms with Crippen LogP contribution in [0, 0.1) is 0 Å². The maximum absolute atomic E-state index is 12.2. The van der Waals surface area contributed by atoms with Gasteiger partial charge >= 0.3 is 11.9 Å². The quantitative estimate of drug-likeness (QED) is 0.332. The maximum Gasteiger partial charge on any atom is 0.338 e. The van der Waals surface area contributed by atoms with E-state index in [0.717, 1.165) is 16.7 Å². The molecule has 1 aliphatic rings. The number of esters is 2. The molecule has 0 aliphatic heterocycles. The number of allylic oxidation sites excluding steroid dienone is 2. The number of hydrogen-bond donors (Lipinski definition) is 0. The lowest BCUT2D eigenvalue weighted by Gasteiger charge is -2.24. The number of benzene rings is 2. The molecule has 0 saturated heterocycles. The molecule has 0 bridgehead atoms. The fourth-order valence-electron chi connectivity index (χ4n) is 3.09. The molecule has 0 unspecified atom stereocenters. The first-order valence-corrected chi connectivity index (χ1v) is 8.64. The SMILES string of the molecule is C=C(C)C(=O)Oc1c2c(c(OC(C)=O)c3cc(Cl)ccc13)CC=C(C)C2. The summed E-state index contributed by atoms with van der Waals surface area (Å²) in [7, 11) is 0. The topological polar surface area (TPSA) is 52.6 Å². The van der Waals surface area contributed by atoms with Crippen LogP contribution in [0.2, 0.25) is 5.02 Å². The van der Waals surface area contributed by atoms with E-state index in [1.54, 1.807) is 25.1 Å². The van der Waals surface area contributed by atoms with E-state index >= 15 is 0 Å². The standard InChI is InChI=1S/C21H19ClO4/c1-11(2)21(24)26-20-16-8-6-14(22)10-18(16)19(25-13(4)23)15-7-5-12(3)9-17(15)20/h5-6,8,10H,1,7,9H2,2-4H3. The number of carbonyl (C=O) groups is 2. The third kappa shape index (κ3) is 3.37. The molecule has 26 heavy (non-hydrogen) atoms. The molecule has 2 aromatic rings. The minimum Gasteiger partial charge on any atom is -0.426 e. The Morgan fingerprint density at radius 3 is 2.42 bits per heavy atom. The van der Waals surface area contributed by atoms with Crippen LogP contribution in [0.1, 0.15) is 31.9 Å². The third-order valence-corrected chi connectivity index (χ3v) is 4.52. The summed E-state index contributed by atoms with van der Waals surface area (Å²) in [6, 6.07) is 5.22. The van der Waals surface area contributed by atoms with Crippen LogP contribution < -0.4 is 9.47 Å². The van der Waals surface area contributed by atoms with Gasteiger partial charge in [0.2, 0.25) is 0 Å². The summed E-state index contributed by atoms with van der Waals surface area (Å²) in [6.45, 7) is 8.64. The largest absolute Gasteiger partial charge is 0.426 e. The molecule has 0 saturated carbocycles. The summed E-state index contributed by atoms with van der Waals surface area (Å²) in [4.78, 5) is 23.9. The molecular weight excluding hydrogens is 352 g/mol. The molecule has 2 aromatic carbocycles. The zero-order chi connectivity index (χ0) is 19.0. The van der Waals surface area contributed by atoms with E-state index in [2.05, 4.69) is 12.7 Å². The average molecular weight is 371 g/mol. The fraction of sp³-hybridized carbons (Fsp3) is 0.238. The Bertz CT molecular complexity index is 985. The zero-order valence-corrected chi connectivity index (χ0v) is 15.7. The van der Waals surface area contributed by atoms with Gasteiger partial charge in [-0.2, -0.15) is 0 Å². The highest BCUT2D eigenvalue weighted by atomic mass is 35.5. The molecule has 0 N–H and O–H groups in total. The van der Waals surface area contributed by atoms with Crippen LogP contribution in [-0.2, 0) is 22.4 Å². The molecule has 1 aliphatic carbocycles. The highest BCUT2D eigenvalue weighted by Crippen LogP contribution is 2.45. The predicted molar refractivity (Wildman–Crippen MR) is 102 cm³/mol. The van der Waals surface area contributed by atoms with Crippen molar-refractivity contribution >= 4 is 34.3 Å². The van der Waals surface area contributed by atoms with Crippen molar-refractivity contribution in [2.24, 2.45) is 0 Å². The van der Waals surface area contributed by atoms with Crippen LogP contribution in [0.25, 0.3) is 10.8 Å². The Labute approximate surface area is 157 Å². The predicted octanol–water partition coefficient (Wildman–Crippen LogP) is 4.94. The van der Waals surface area contributed by atoms with Crippen molar-refractivity contribution in [2.75, 3.05) is 0 Å². The summed E-state index contributed by atoms with van der Waals surface area (Å²) in [6.07, 6.45) is 3.28. The van der Waals surface area contributed by atoms with Gasteiger partial charge in [-0.15, -0.1) is 0 Å². The van der Waals surface area contributed by atoms with Crippen LogP contribution in [0.4, 0.5) is 0 Å². The van der Waals surface area contributed by atoms with Crippen molar-refractivity contribution in [1.82, 2.24) is 0 Å². The van der Waals surface area contributed by atoms with E-state index in [4.69, 9.17) is 21.1 Å². The summed E-state index contributed by atoms with van der Waals surface area (Å²) in [5, 5.41) is 1.82. The molecule has 0 aromatic heterocycles. The molecule has 134 valence electrons. The van der Waals surface area contributed by atoms with Gasteiger partial charge in [-0.3, -0.25) is 4.79 Å². The minimum absolute atomic E-state index is 0.313. The normalized spacial score (nSPS) is 13.0. The lowest BCUT2D eigenvalue weighted by atomic mass is 9.87. The van der Waals surface area contributed by atoms with Gasteiger partial charge in [0.25, 0.3) is 0 Å². The summed E-state index contributed by atoms with van der Waals surface area (Å²) >= 11 is 6.17. The fourth-order valence-corrected chi connectivity index (χ4v) is 3.26. The average Bonchev–Trinajstić information content (AvgIpc) is 2.57. The van der Waals surface area contributed by atoms with Crippen molar-refractivity contribution < 1.29 is 19.1 Å². The second-order valence-electron chi connectivity index (χ2n) is 6.50. The van der Waals surface area contributed by atoms with Gasteiger partial charge in [-0.25, -0.2) is 4.79 Å². The third-order valence-electron chi connectivity index (χ3n) is 4.28. The number of fused-ring (bicyclic) bond motifs is 2. The second kappa shape index (κ2) is 6.96. The van der Waals surface area contributed by atoms with E-state index in [1.807, 2.05) is 6.92 Å². The molecule has 0 atom stereocenters. The van der Waals surface area contributed by atoms with Gasteiger partial charge in [0.05, 0.1) is 0 Å². The van der Waals surface area contributed by atoms with Gasteiger partial charge in [0.15, 0.2) is 0 Å². The van der Waals surface area contributed by atoms with Gasteiger partial charge in [-0.05, 0) is 44.9 Å². The Balaban J connectivity index is 2.35. The molecule has 5 heteroatoms. The minimum atomic E-state index is -0.490. The van der Waals surface area contributed by atoms with Crippen LogP contribution in [0.5, 0.6) is 11.5 Å². The van der Waals surface area contributed by atoms with Gasteiger partial charge in [-0.1, -0.05) is 29.8 Å². The van der Waals surface area contributed by atoms with Crippen LogP contribution in [0.3, 0.4) is 0 Å². The Hall–Kier alpha value is -2.59. The van der Waals surface area contributed by atoms with Crippen molar-refractivity contribution in [1.29, 1.82) is 0 Å². The number of ether oxygens (including phenoxy) is 2. The Morgan fingerprint density at radius 1 is 1.08 bits per heavy atom. The number of halogens is 1. The van der Waals surface area contributed by atoms with Crippen molar-refractivity contribution in [3.05, 3.63) is 58.1 Å². The van der Waals surface area contributed by atoms with Gasteiger partial charge in [0.1, 0.15) is 11.5 Å². The zero-order valence-electron chi connectivity index (χ0n) is 14.9. The first-order chi connectivity index (χ1) is 12.3. The first kappa shape index (κ1) is 18.2. The number of carbonyl (C=O) groups excluding carboxylic acids is 2. The Kier molecular flexibility index (Phi) is 4.88. The van der Waals surface area contributed by atoms with Crippen LogP contribution >= 0.6 is 11.6 Å². The molecule has 0 amide bonds. The molecule has 4 nitrogen and oxygen atoms in total. The molecular formula is C21H19ClO4. The van der Waals surface area contributed by atoms with Crippen molar-refractivity contribution in [2.45, 2.75) is 33.6 Å². The lowest BCUT2D eigenvalue weighted by Crippen LogP contribution is -2.15. The van der Waals surface area contributed by atoms with E-state index < -0.39 is 11.9 Å². The summed E-state index contributed by atoms with van der Waals surface area (Å²) < 4.78 is 11.2. The van der Waals surface area contributed by atoms with Crippen LogP contribution in [0.15, 0.2) is 42.0 Å². The van der Waals surface area contributed by atoms with Crippen molar-refractivity contribution in [3.63, 3.8) is 0 Å². The highest BCUT2D eigenvalue weighted by molar-refractivity contribution is 6.31. The Morgan fingerprint density at radius 2 is 1.77 bits per heavy atom. The van der Waals surface area contributed by atoms with Crippen LogP contribution in [-0.4, -0.2) is 11.9 Å². The second-order valence-corrected chi connectivity index (χ2v) is 6.94.